The summed E-state index contributed by atoms with van der Waals surface area (Å²) in [4.78, 5) is 30.8. The molecule has 0 radical (unpaired) electrons. The number of hydrogen-bond donors (Lipinski definition) is 1. The summed E-state index contributed by atoms with van der Waals surface area (Å²) in [5, 5.41) is 11.0. The van der Waals surface area contributed by atoms with Crippen LogP contribution in [-0.4, -0.2) is 21.8 Å². The van der Waals surface area contributed by atoms with Gasteiger partial charge in [-0.15, -0.1) is 0 Å². The molecule has 5 nitrogen and oxygen atoms in total. The van der Waals surface area contributed by atoms with Crippen LogP contribution >= 0.6 is 0 Å². The second-order valence-corrected chi connectivity index (χ2v) is 7.10. The number of benzene rings is 2. The van der Waals surface area contributed by atoms with Gasteiger partial charge in [-0.1, -0.05) is 31.2 Å². The van der Waals surface area contributed by atoms with E-state index in [1.165, 1.54) is 12.4 Å². The molecule has 1 fully saturated rings. The third-order valence-electron chi connectivity index (χ3n) is 5.27. The van der Waals surface area contributed by atoms with Gasteiger partial charge in [0.1, 0.15) is 17.4 Å². The lowest BCUT2D eigenvalue weighted by molar-refractivity contribution is -0.132. The molecule has 1 atom stereocenters. The highest BCUT2D eigenvalue weighted by atomic mass is 19.1. The van der Waals surface area contributed by atoms with Crippen molar-refractivity contribution in [2.75, 3.05) is 4.90 Å². The first-order valence-corrected chi connectivity index (χ1v) is 9.67. The van der Waals surface area contributed by atoms with Gasteiger partial charge in [-0.25, -0.2) is 8.78 Å². The lowest BCUT2D eigenvalue weighted by atomic mass is 9.95. The Balaban J connectivity index is 1.93. The zero-order valence-corrected chi connectivity index (χ0v) is 16.5. The normalized spacial score (nSPS) is 17.9. The molecule has 1 N–H and O–H groups in total. The highest BCUT2D eigenvalue weighted by Crippen LogP contribution is 2.42. The van der Waals surface area contributed by atoms with Gasteiger partial charge in [0.05, 0.1) is 17.3 Å². The number of halogens is 2. The van der Waals surface area contributed by atoms with E-state index < -0.39 is 29.4 Å². The SMILES string of the molecule is CCc1ccc(/C(O)=C2\C(=O)C(=O)N(c3ccc(F)cc3F)C2c2ccncc2)cc1. The zero-order valence-electron chi connectivity index (χ0n) is 16.5. The van der Waals surface area contributed by atoms with Crippen LogP contribution in [0.4, 0.5) is 14.5 Å². The van der Waals surface area contributed by atoms with Crippen LogP contribution in [0.1, 0.15) is 29.7 Å². The monoisotopic (exact) mass is 420 g/mol. The number of aliphatic hydroxyl groups is 1. The van der Waals surface area contributed by atoms with Crippen molar-refractivity contribution in [2.24, 2.45) is 0 Å². The minimum Gasteiger partial charge on any atom is -0.507 e. The van der Waals surface area contributed by atoms with Crippen LogP contribution in [0.25, 0.3) is 5.76 Å². The standard InChI is InChI=1S/C24H18F2N2O3/c1-2-14-3-5-16(6-4-14)22(29)20-21(15-9-11-27-12-10-15)28(24(31)23(20)30)19-8-7-17(25)13-18(19)26/h3-13,21,29H,2H2,1H3/b22-20+. The molecule has 0 aliphatic carbocycles. The van der Waals surface area contributed by atoms with E-state index >= 15 is 0 Å². The summed E-state index contributed by atoms with van der Waals surface area (Å²) in [5.41, 5.74) is 1.41. The molecule has 1 saturated heterocycles. The molecule has 2 aromatic carbocycles. The predicted molar refractivity (Wildman–Crippen MR) is 111 cm³/mol. The largest absolute Gasteiger partial charge is 0.507 e. The fourth-order valence-corrected chi connectivity index (χ4v) is 3.67. The molecular weight excluding hydrogens is 402 g/mol. The Kier molecular flexibility index (Phi) is 5.33. The van der Waals surface area contributed by atoms with Crippen molar-refractivity contribution in [1.82, 2.24) is 4.98 Å². The van der Waals surface area contributed by atoms with Crippen LogP contribution in [0.3, 0.4) is 0 Å². The summed E-state index contributed by atoms with van der Waals surface area (Å²) in [6.07, 6.45) is 3.73. The first kappa shape index (κ1) is 20.4. The van der Waals surface area contributed by atoms with Gasteiger partial charge in [0.25, 0.3) is 11.7 Å². The molecule has 1 unspecified atom stereocenters. The maximum Gasteiger partial charge on any atom is 0.300 e. The van der Waals surface area contributed by atoms with Crippen molar-refractivity contribution in [1.29, 1.82) is 0 Å². The fraction of sp³-hybridized carbons (Fsp3) is 0.125. The highest BCUT2D eigenvalue weighted by Gasteiger charge is 2.47. The number of aromatic nitrogens is 1. The van der Waals surface area contributed by atoms with Gasteiger partial charge in [0.15, 0.2) is 0 Å². The van der Waals surface area contributed by atoms with E-state index in [2.05, 4.69) is 4.98 Å². The lowest BCUT2D eigenvalue weighted by Gasteiger charge is -2.25. The van der Waals surface area contributed by atoms with E-state index in [1.807, 2.05) is 19.1 Å². The van der Waals surface area contributed by atoms with Crippen LogP contribution in [-0.2, 0) is 16.0 Å². The van der Waals surface area contributed by atoms with Gasteiger partial charge >= 0.3 is 0 Å². The third-order valence-corrected chi connectivity index (χ3v) is 5.27. The smallest absolute Gasteiger partial charge is 0.300 e. The van der Waals surface area contributed by atoms with E-state index in [1.54, 1.807) is 24.3 Å². The number of aliphatic hydroxyl groups excluding tert-OH is 1. The first-order chi connectivity index (χ1) is 14.9. The molecule has 1 aliphatic heterocycles. The number of anilines is 1. The molecule has 0 spiro atoms. The van der Waals surface area contributed by atoms with Crippen molar-refractivity contribution in [3.05, 3.63) is 101 Å². The zero-order chi connectivity index (χ0) is 22.1. The summed E-state index contributed by atoms with van der Waals surface area (Å²) < 4.78 is 28.0. The fourth-order valence-electron chi connectivity index (χ4n) is 3.67. The average Bonchev–Trinajstić information content (AvgIpc) is 3.04. The quantitative estimate of drug-likeness (QED) is 0.382. The second kappa shape index (κ2) is 8.10. The number of rotatable bonds is 4. The Labute approximate surface area is 177 Å². The van der Waals surface area contributed by atoms with Crippen molar-refractivity contribution in [3.8, 4) is 0 Å². The Morgan fingerprint density at radius 1 is 1.03 bits per heavy atom. The number of carbonyl (C=O) groups excluding carboxylic acids is 2. The predicted octanol–water partition coefficient (Wildman–Crippen LogP) is 4.55. The minimum atomic E-state index is -1.10. The number of pyridine rings is 1. The van der Waals surface area contributed by atoms with Crippen molar-refractivity contribution in [2.45, 2.75) is 19.4 Å². The molecule has 1 aromatic heterocycles. The Morgan fingerprint density at radius 2 is 1.71 bits per heavy atom. The van der Waals surface area contributed by atoms with Crippen molar-refractivity contribution in [3.63, 3.8) is 0 Å². The van der Waals surface area contributed by atoms with Crippen LogP contribution in [0.15, 0.2) is 72.6 Å². The minimum absolute atomic E-state index is 0.177. The average molecular weight is 420 g/mol. The van der Waals surface area contributed by atoms with E-state index in [9.17, 15) is 23.5 Å². The number of carbonyl (C=O) groups is 2. The van der Waals surface area contributed by atoms with Crippen LogP contribution in [0.2, 0.25) is 0 Å². The van der Waals surface area contributed by atoms with Crippen LogP contribution < -0.4 is 4.90 Å². The van der Waals surface area contributed by atoms with E-state index in [0.717, 1.165) is 29.0 Å². The van der Waals surface area contributed by atoms with Gasteiger partial charge in [0.2, 0.25) is 0 Å². The molecular formula is C24H18F2N2O3. The number of ketones is 1. The molecule has 31 heavy (non-hydrogen) atoms. The van der Waals surface area contributed by atoms with E-state index in [0.29, 0.717) is 17.2 Å². The Bertz CT molecular complexity index is 1190. The molecule has 4 rings (SSSR count). The number of nitrogens with zero attached hydrogens (tertiary/aromatic N) is 2. The van der Waals surface area contributed by atoms with Crippen molar-refractivity contribution >= 4 is 23.1 Å². The van der Waals surface area contributed by atoms with E-state index in [4.69, 9.17) is 0 Å². The van der Waals surface area contributed by atoms with Gasteiger partial charge in [-0.3, -0.25) is 19.5 Å². The number of hydrogen-bond acceptors (Lipinski definition) is 4. The maximum atomic E-state index is 14.6. The molecule has 2 heterocycles. The summed E-state index contributed by atoms with van der Waals surface area (Å²) in [5.74, 6) is -4.14. The topological polar surface area (TPSA) is 70.5 Å². The number of Topliss-reactive ketones (excluding diaryl/α,β-unsaturated/α-hetero) is 1. The molecule has 3 aromatic rings. The molecule has 7 heteroatoms. The highest BCUT2D eigenvalue weighted by molar-refractivity contribution is 6.51. The Morgan fingerprint density at radius 3 is 2.32 bits per heavy atom. The van der Waals surface area contributed by atoms with Crippen LogP contribution in [0, 0.1) is 11.6 Å². The maximum absolute atomic E-state index is 14.6. The summed E-state index contributed by atoms with van der Waals surface area (Å²) in [7, 11) is 0. The summed E-state index contributed by atoms with van der Waals surface area (Å²) >= 11 is 0. The number of aryl methyl sites for hydroxylation is 1. The molecule has 0 bridgehead atoms. The summed E-state index contributed by atoms with van der Waals surface area (Å²) in [6, 6.07) is 11.7. The summed E-state index contributed by atoms with van der Waals surface area (Å²) in [6.45, 7) is 1.99. The molecule has 1 aliphatic rings. The second-order valence-electron chi connectivity index (χ2n) is 7.10. The Hall–Kier alpha value is -3.87. The van der Waals surface area contributed by atoms with Gasteiger partial charge in [-0.2, -0.15) is 0 Å². The van der Waals surface area contributed by atoms with Gasteiger partial charge < -0.3 is 5.11 Å². The molecule has 1 amide bonds. The molecule has 156 valence electrons. The van der Waals surface area contributed by atoms with E-state index in [-0.39, 0.29) is 17.0 Å². The van der Waals surface area contributed by atoms with Crippen LogP contribution in [0.5, 0.6) is 0 Å². The van der Waals surface area contributed by atoms with Gasteiger partial charge in [-0.05, 0) is 41.8 Å². The van der Waals surface area contributed by atoms with Crippen molar-refractivity contribution < 1.29 is 23.5 Å². The number of amides is 1. The first-order valence-electron chi connectivity index (χ1n) is 9.67. The lowest BCUT2D eigenvalue weighted by Crippen LogP contribution is -2.30. The third kappa shape index (κ3) is 3.59. The van der Waals surface area contributed by atoms with Gasteiger partial charge in [0, 0.05) is 24.0 Å². The molecule has 0 saturated carbocycles.